The highest BCUT2D eigenvalue weighted by atomic mass is 16.5. The summed E-state index contributed by atoms with van der Waals surface area (Å²) in [5.74, 6) is -4.14. The summed E-state index contributed by atoms with van der Waals surface area (Å²) in [7, 11) is 5.12. The van der Waals surface area contributed by atoms with Crippen LogP contribution in [0.3, 0.4) is 0 Å². The van der Waals surface area contributed by atoms with Gasteiger partial charge in [-0.15, -0.1) is 0 Å². The Hall–Kier alpha value is -6.58. The number of esters is 4. The highest BCUT2D eigenvalue weighted by Crippen LogP contribution is 2.38. The van der Waals surface area contributed by atoms with E-state index < -0.39 is 48.7 Å². The fraction of sp³-hybridized carbons (Fsp3) is 0.381. The Morgan fingerprint density at radius 3 is 1.19 bits per heavy atom. The van der Waals surface area contributed by atoms with E-state index >= 15 is 0 Å². The van der Waals surface area contributed by atoms with Gasteiger partial charge in [0.05, 0.1) is 64.1 Å². The van der Waals surface area contributed by atoms with Crippen LogP contribution in [-0.2, 0) is 73.4 Å². The van der Waals surface area contributed by atoms with Gasteiger partial charge in [0.2, 0.25) is 0 Å². The lowest BCUT2D eigenvalue weighted by atomic mass is 9.98. The van der Waals surface area contributed by atoms with Crippen LogP contribution in [0.2, 0.25) is 0 Å². The third-order valence-electron chi connectivity index (χ3n) is 10.3. The van der Waals surface area contributed by atoms with Gasteiger partial charge in [-0.25, -0.2) is 9.97 Å². The fourth-order valence-corrected chi connectivity index (χ4v) is 7.28. The zero-order valence-electron chi connectivity index (χ0n) is 33.3. The van der Waals surface area contributed by atoms with Crippen LogP contribution in [-0.4, -0.2) is 94.4 Å². The Labute approximate surface area is 333 Å². The van der Waals surface area contributed by atoms with E-state index in [2.05, 4.69) is 9.97 Å². The number of aromatic nitrogens is 4. The van der Waals surface area contributed by atoms with Gasteiger partial charge >= 0.3 is 35.8 Å². The van der Waals surface area contributed by atoms with Crippen LogP contribution < -0.4 is 0 Å². The first-order valence-corrected chi connectivity index (χ1v) is 18.6. The Kier molecular flexibility index (Phi) is 13.6. The van der Waals surface area contributed by atoms with Gasteiger partial charge in [-0.05, 0) is 108 Å². The molecule has 0 aromatic carbocycles. The van der Waals surface area contributed by atoms with Crippen molar-refractivity contribution in [1.29, 1.82) is 0 Å². The quantitative estimate of drug-likeness (QED) is 0.103. The van der Waals surface area contributed by atoms with Crippen molar-refractivity contribution in [1.82, 2.24) is 19.9 Å². The standard InChI is InChI=1S/C42H46N4O12/c1-21-23(7-11-39(51)55-3)31-17-29-22(2)24(8-12-40(52)56-4)32(44-29)19-36-28(16-38(49)50)26(10-14-42(54)58-6)34(46-36)20-33-25(9-13-41(53)57-5)27(15-37(47)48)35(45-33)18-30(21)43-31/h17-20,45-46H,7-16H2,1-6H3,(H,47,48)(H,49,50). The van der Waals surface area contributed by atoms with Crippen molar-refractivity contribution in [3.8, 4) is 0 Å². The monoisotopic (exact) mass is 798 g/mol. The molecule has 2 aliphatic heterocycles. The van der Waals surface area contributed by atoms with Gasteiger partial charge in [0.1, 0.15) is 0 Å². The zero-order valence-corrected chi connectivity index (χ0v) is 33.3. The van der Waals surface area contributed by atoms with E-state index in [1.807, 2.05) is 13.8 Å². The molecule has 0 saturated heterocycles. The normalized spacial score (nSPS) is 12.4. The number of nitrogens with zero attached hydrogens (tertiary/aromatic N) is 2. The second-order valence-corrected chi connectivity index (χ2v) is 13.8. The summed E-state index contributed by atoms with van der Waals surface area (Å²) in [4.78, 5) is 91.1. The number of carbonyl (C=O) groups is 6. The van der Waals surface area contributed by atoms with Gasteiger partial charge in [0, 0.05) is 47.8 Å². The first kappa shape index (κ1) is 42.6. The number of carboxylic acids is 2. The summed E-state index contributed by atoms with van der Waals surface area (Å²) in [6.45, 7) is 3.71. The van der Waals surface area contributed by atoms with Crippen LogP contribution >= 0.6 is 0 Å². The van der Waals surface area contributed by atoms with Gasteiger partial charge < -0.3 is 39.1 Å². The molecule has 16 heteroatoms. The van der Waals surface area contributed by atoms with Crippen LogP contribution in [0.1, 0.15) is 97.4 Å². The van der Waals surface area contributed by atoms with Crippen LogP contribution in [0.25, 0.3) is 44.4 Å². The van der Waals surface area contributed by atoms with Crippen molar-refractivity contribution < 1.29 is 57.9 Å². The number of aryl methyl sites for hydroxylation is 2. The smallest absolute Gasteiger partial charge is 0.307 e. The van der Waals surface area contributed by atoms with E-state index in [1.54, 1.807) is 24.3 Å². The molecule has 0 atom stereocenters. The molecular formula is C42H46N4O12. The Bertz CT molecular complexity index is 2420. The minimum absolute atomic E-state index is 0.0403. The maximum absolute atomic E-state index is 12.5. The van der Waals surface area contributed by atoms with Crippen molar-refractivity contribution in [2.45, 2.75) is 78.1 Å². The highest BCUT2D eigenvalue weighted by Gasteiger charge is 2.25. The van der Waals surface area contributed by atoms with Gasteiger partial charge in [-0.1, -0.05) is 0 Å². The molecule has 0 fully saturated rings. The predicted molar refractivity (Wildman–Crippen MR) is 212 cm³/mol. The number of ether oxygens (including phenoxy) is 4. The topological polar surface area (TPSA) is 237 Å². The second kappa shape index (κ2) is 18.6. The van der Waals surface area contributed by atoms with Crippen molar-refractivity contribution in [3.05, 3.63) is 69.3 Å². The second-order valence-electron chi connectivity index (χ2n) is 13.8. The van der Waals surface area contributed by atoms with E-state index in [1.165, 1.54) is 28.4 Å². The number of aliphatic carboxylic acids is 2. The van der Waals surface area contributed by atoms with Crippen LogP contribution in [0.5, 0.6) is 0 Å². The Morgan fingerprint density at radius 2 is 0.810 bits per heavy atom. The van der Waals surface area contributed by atoms with Crippen molar-refractivity contribution >= 4 is 80.2 Å². The number of H-pyrrole nitrogens is 2. The predicted octanol–water partition coefficient (Wildman–Crippen LogP) is 5.55. The van der Waals surface area contributed by atoms with Crippen molar-refractivity contribution in [2.24, 2.45) is 0 Å². The molecule has 0 radical (unpaired) electrons. The molecule has 3 aromatic rings. The summed E-state index contributed by atoms with van der Waals surface area (Å²) >= 11 is 0. The average Bonchev–Trinajstić information content (AvgIpc) is 3.86. The summed E-state index contributed by atoms with van der Waals surface area (Å²) in [5, 5.41) is 20.3. The Balaban J connectivity index is 1.99. The van der Waals surface area contributed by atoms with Crippen LogP contribution in [0.15, 0.2) is 24.3 Å². The molecule has 5 rings (SSSR count). The number of methoxy groups -OCH3 is 4. The summed E-state index contributed by atoms with van der Waals surface area (Å²) in [5.41, 5.74) is 8.30. The van der Waals surface area contributed by atoms with E-state index in [9.17, 15) is 39.0 Å². The number of fused-ring (bicyclic) bond motifs is 8. The third kappa shape index (κ3) is 9.68. The van der Waals surface area contributed by atoms with Gasteiger partial charge in [0.25, 0.3) is 0 Å². The van der Waals surface area contributed by atoms with Crippen molar-refractivity contribution in [2.75, 3.05) is 28.4 Å². The number of allylic oxidation sites excluding steroid dienone is 4. The molecule has 16 nitrogen and oxygen atoms in total. The van der Waals surface area contributed by atoms with Gasteiger partial charge in [-0.2, -0.15) is 0 Å². The molecular weight excluding hydrogens is 752 g/mol. The molecule has 0 saturated carbocycles. The minimum Gasteiger partial charge on any atom is -0.481 e. The molecule has 8 bridgehead atoms. The number of carbonyl (C=O) groups excluding carboxylic acids is 4. The number of aromatic amines is 2. The van der Waals surface area contributed by atoms with E-state index in [-0.39, 0.29) is 51.4 Å². The van der Waals surface area contributed by atoms with Crippen molar-refractivity contribution in [3.63, 3.8) is 0 Å². The number of hydrogen-bond acceptors (Lipinski definition) is 12. The van der Waals surface area contributed by atoms with E-state index in [0.29, 0.717) is 72.7 Å². The van der Waals surface area contributed by atoms with Crippen LogP contribution in [0, 0.1) is 0 Å². The molecule has 2 aliphatic rings. The molecule has 0 aliphatic carbocycles. The number of rotatable bonds is 16. The zero-order chi connectivity index (χ0) is 42.3. The lowest BCUT2D eigenvalue weighted by molar-refractivity contribution is -0.141. The first-order valence-electron chi connectivity index (χ1n) is 18.6. The maximum Gasteiger partial charge on any atom is 0.307 e. The van der Waals surface area contributed by atoms with Crippen LogP contribution in [0.4, 0.5) is 0 Å². The largest absolute Gasteiger partial charge is 0.481 e. The highest BCUT2D eigenvalue weighted by molar-refractivity contribution is 5.97. The molecule has 5 heterocycles. The number of hydrogen-bond donors (Lipinski definition) is 4. The summed E-state index contributed by atoms with van der Waals surface area (Å²) < 4.78 is 19.7. The summed E-state index contributed by atoms with van der Waals surface area (Å²) in [6.07, 6.45) is -0.223. The molecule has 306 valence electrons. The molecule has 3 aromatic heterocycles. The molecule has 0 amide bonds. The van der Waals surface area contributed by atoms with Gasteiger partial charge in [-0.3, -0.25) is 28.8 Å². The van der Waals surface area contributed by atoms with E-state index in [0.717, 1.165) is 16.7 Å². The molecule has 0 unspecified atom stereocenters. The van der Waals surface area contributed by atoms with Gasteiger partial charge in [0.15, 0.2) is 0 Å². The Morgan fingerprint density at radius 1 is 0.483 bits per heavy atom. The average molecular weight is 799 g/mol. The summed E-state index contributed by atoms with van der Waals surface area (Å²) in [6, 6.07) is 6.91. The lowest BCUT2D eigenvalue weighted by Crippen LogP contribution is -2.06. The molecule has 4 N–H and O–H groups in total. The maximum atomic E-state index is 12.5. The van der Waals surface area contributed by atoms with E-state index in [4.69, 9.17) is 28.9 Å². The lowest BCUT2D eigenvalue weighted by Gasteiger charge is -2.05. The number of nitrogens with one attached hydrogen (secondary N) is 2. The first-order chi connectivity index (χ1) is 27.7. The minimum atomic E-state index is -1.14. The SMILES string of the molecule is COC(=O)CCC1=C(C)c2cc3[nH]c(cc4[nH]c(cc5nc(cc1n2)C(C)=C5CCC(=O)OC)c(CC(=O)O)c4CCC(=O)OC)c(CCC(=O)OC)c3CC(=O)O. The molecule has 0 spiro atoms. The molecule has 58 heavy (non-hydrogen) atoms. The third-order valence-corrected chi connectivity index (χ3v) is 10.3. The fourth-order valence-electron chi connectivity index (χ4n) is 7.28. The number of carboxylic acid groups (broad SMARTS) is 2.